The van der Waals surface area contributed by atoms with E-state index in [1.807, 2.05) is 0 Å². The van der Waals surface area contributed by atoms with Crippen LogP contribution in [0, 0.1) is 27.2 Å². The molecular weight excluding hydrogens is 260 g/mol. The fraction of sp³-hybridized carbons (Fsp3) is 0.300. The van der Waals surface area contributed by atoms with Gasteiger partial charge in [0.1, 0.15) is 0 Å². The number of aryl methyl sites for hydroxylation is 1. The zero-order valence-corrected chi connectivity index (χ0v) is 10.1. The summed E-state index contributed by atoms with van der Waals surface area (Å²) in [5.74, 6) is -0.909. The lowest BCUT2D eigenvalue weighted by Crippen LogP contribution is -2.14. The van der Waals surface area contributed by atoms with Gasteiger partial charge in [0.2, 0.25) is 5.75 Å². The van der Waals surface area contributed by atoms with Gasteiger partial charge in [-0.3, -0.25) is 20.2 Å². The highest BCUT2D eigenvalue weighted by Gasteiger charge is 2.24. The van der Waals surface area contributed by atoms with Crippen LogP contribution in [0.1, 0.15) is 5.56 Å². The van der Waals surface area contributed by atoms with Gasteiger partial charge in [0.05, 0.1) is 23.0 Å². The highest BCUT2D eigenvalue weighted by atomic mass is 16.6. The van der Waals surface area contributed by atoms with E-state index in [4.69, 9.17) is 4.74 Å². The first kappa shape index (κ1) is 14.4. The predicted molar refractivity (Wildman–Crippen MR) is 62.0 cm³/mol. The Morgan fingerprint density at radius 2 is 1.89 bits per heavy atom. The summed E-state index contributed by atoms with van der Waals surface area (Å²) < 4.78 is 9.31. The van der Waals surface area contributed by atoms with Crippen LogP contribution in [0.2, 0.25) is 0 Å². The van der Waals surface area contributed by atoms with Crippen molar-refractivity contribution in [3.63, 3.8) is 0 Å². The van der Waals surface area contributed by atoms with Crippen molar-refractivity contribution in [2.75, 3.05) is 13.7 Å². The topological polar surface area (TPSA) is 122 Å². The van der Waals surface area contributed by atoms with Crippen LogP contribution >= 0.6 is 0 Å². The van der Waals surface area contributed by atoms with Crippen LogP contribution in [-0.2, 0) is 9.53 Å². The minimum Gasteiger partial charge on any atom is -0.475 e. The summed E-state index contributed by atoms with van der Waals surface area (Å²) in [4.78, 5) is 30.8. The first-order chi connectivity index (χ1) is 8.86. The summed E-state index contributed by atoms with van der Waals surface area (Å²) >= 11 is 0. The third kappa shape index (κ3) is 3.37. The third-order valence-corrected chi connectivity index (χ3v) is 2.21. The van der Waals surface area contributed by atoms with Crippen LogP contribution in [0.4, 0.5) is 11.4 Å². The first-order valence-electron chi connectivity index (χ1n) is 5.00. The molecule has 0 aliphatic carbocycles. The van der Waals surface area contributed by atoms with Crippen molar-refractivity contribution < 1.29 is 24.1 Å². The molecule has 19 heavy (non-hydrogen) atoms. The Morgan fingerprint density at radius 1 is 1.26 bits per heavy atom. The van der Waals surface area contributed by atoms with E-state index >= 15 is 0 Å². The van der Waals surface area contributed by atoms with Crippen molar-refractivity contribution in [2.45, 2.75) is 6.92 Å². The van der Waals surface area contributed by atoms with Gasteiger partial charge >= 0.3 is 11.7 Å². The summed E-state index contributed by atoms with van der Waals surface area (Å²) in [6, 6.07) is 1.90. The van der Waals surface area contributed by atoms with Gasteiger partial charge in [-0.15, -0.1) is 0 Å². The first-order valence-corrected chi connectivity index (χ1v) is 5.00. The Labute approximate surface area is 107 Å². The molecule has 0 aliphatic heterocycles. The number of hydrogen-bond acceptors (Lipinski definition) is 7. The Morgan fingerprint density at radius 3 is 2.37 bits per heavy atom. The van der Waals surface area contributed by atoms with Gasteiger partial charge in [0.25, 0.3) is 5.69 Å². The molecule has 1 aromatic rings. The van der Waals surface area contributed by atoms with E-state index in [2.05, 4.69) is 4.74 Å². The molecule has 1 rings (SSSR count). The van der Waals surface area contributed by atoms with Gasteiger partial charge in [-0.2, -0.15) is 0 Å². The molecule has 1 aromatic carbocycles. The molecule has 0 spiro atoms. The van der Waals surface area contributed by atoms with Crippen molar-refractivity contribution in [3.05, 3.63) is 37.9 Å². The minimum absolute atomic E-state index is 0.185. The van der Waals surface area contributed by atoms with Crippen molar-refractivity contribution in [3.8, 4) is 5.75 Å². The maximum absolute atomic E-state index is 10.9. The number of rotatable bonds is 5. The monoisotopic (exact) mass is 270 g/mol. The van der Waals surface area contributed by atoms with E-state index in [9.17, 15) is 25.0 Å². The second kappa shape index (κ2) is 5.76. The van der Waals surface area contributed by atoms with Gasteiger partial charge in [0, 0.05) is 11.6 Å². The summed E-state index contributed by atoms with van der Waals surface area (Å²) in [6.07, 6.45) is 0. The standard InChI is InChI=1S/C10H10N2O7/c1-6-3-7(11(14)15)4-8(12(16)17)10(6)19-5-9(13)18-2/h3-4H,5H2,1-2H3. The number of esters is 1. The number of benzene rings is 1. The van der Waals surface area contributed by atoms with E-state index < -0.39 is 33.8 Å². The van der Waals surface area contributed by atoms with E-state index in [1.165, 1.54) is 6.92 Å². The van der Waals surface area contributed by atoms with Crippen LogP contribution in [0.5, 0.6) is 5.75 Å². The highest BCUT2D eigenvalue weighted by molar-refractivity contribution is 5.71. The molecule has 0 N–H and O–H groups in total. The second-order valence-electron chi connectivity index (χ2n) is 3.49. The number of non-ortho nitro benzene ring substituents is 1. The largest absolute Gasteiger partial charge is 0.475 e. The van der Waals surface area contributed by atoms with Crippen molar-refractivity contribution in [2.24, 2.45) is 0 Å². The predicted octanol–water partition coefficient (Wildman–Crippen LogP) is 1.36. The molecular formula is C10H10N2O7. The van der Waals surface area contributed by atoms with E-state index in [-0.39, 0.29) is 11.3 Å². The highest BCUT2D eigenvalue weighted by Crippen LogP contribution is 2.34. The lowest BCUT2D eigenvalue weighted by atomic mass is 10.1. The van der Waals surface area contributed by atoms with Gasteiger partial charge < -0.3 is 9.47 Å². The molecule has 9 heteroatoms. The van der Waals surface area contributed by atoms with Crippen molar-refractivity contribution in [1.82, 2.24) is 0 Å². The van der Waals surface area contributed by atoms with E-state index in [0.717, 1.165) is 19.2 Å². The van der Waals surface area contributed by atoms with Crippen LogP contribution < -0.4 is 4.74 Å². The SMILES string of the molecule is COC(=O)COc1c(C)cc([N+](=O)[O-])cc1[N+](=O)[O-]. The second-order valence-corrected chi connectivity index (χ2v) is 3.49. The Kier molecular flexibility index (Phi) is 4.35. The van der Waals surface area contributed by atoms with Gasteiger partial charge in [0.15, 0.2) is 6.61 Å². The molecule has 0 bridgehead atoms. The number of ether oxygens (including phenoxy) is 2. The number of nitro benzene ring substituents is 2. The molecule has 0 heterocycles. The van der Waals surface area contributed by atoms with Crippen LogP contribution in [0.25, 0.3) is 0 Å². The van der Waals surface area contributed by atoms with Crippen LogP contribution in [0.3, 0.4) is 0 Å². The molecule has 0 saturated heterocycles. The smallest absolute Gasteiger partial charge is 0.343 e. The number of nitro groups is 2. The summed E-state index contributed by atoms with van der Waals surface area (Å²) in [7, 11) is 1.14. The van der Waals surface area contributed by atoms with Crippen molar-refractivity contribution in [1.29, 1.82) is 0 Å². The average molecular weight is 270 g/mol. The lowest BCUT2D eigenvalue weighted by Gasteiger charge is -2.08. The zero-order valence-electron chi connectivity index (χ0n) is 10.1. The average Bonchev–Trinajstić information content (AvgIpc) is 2.35. The zero-order chi connectivity index (χ0) is 14.6. The fourth-order valence-corrected chi connectivity index (χ4v) is 1.36. The third-order valence-electron chi connectivity index (χ3n) is 2.21. The molecule has 0 amide bonds. The molecule has 0 unspecified atom stereocenters. The number of carbonyl (C=O) groups is 1. The number of hydrogen-bond donors (Lipinski definition) is 0. The maximum atomic E-state index is 10.9. The lowest BCUT2D eigenvalue weighted by molar-refractivity contribution is -0.394. The summed E-state index contributed by atoms with van der Waals surface area (Å²) in [5.41, 5.74) is -0.810. The van der Waals surface area contributed by atoms with Crippen LogP contribution in [-0.4, -0.2) is 29.5 Å². The Bertz CT molecular complexity index is 541. The normalized spacial score (nSPS) is 9.79. The Hall–Kier alpha value is -2.71. The van der Waals surface area contributed by atoms with E-state index in [0.29, 0.717) is 0 Å². The van der Waals surface area contributed by atoms with E-state index in [1.54, 1.807) is 0 Å². The molecule has 9 nitrogen and oxygen atoms in total. The maximum Gasteiger partial charge on any atom is 0.343 e. The molecule has 0 aromatic heterocycles. The summed E-state index contributed by atoms with van der Waals surface area (Å²) in [5, 5.41) is 21.5. The molecule has 0 aliphatic rings. The summed E-state index contributed by atoms with van der Waals surface area (Å²) in [6.45, 7) is 0.891. The molecule has 0 radical (unpaired) electrons. The van der Waals surface area contributed by atoms with Gasteiger partial charge in [-0.05, 0) is 6.92 Å². The minimum atomic E-state index is -0.813. The quantitative estimate of drug-likeness (QED) is 0.449. The molecule has 0 saturated carbocycles. The number of nitrogens with zero attached hydrogens (tertiary/aromatic N) is 2. The van der Waals surface area contributed by atoms with Gasteiger partial charge in [-0.25, -0.2) is 4.79 Å². The number of methoxy groups -OCH3 is 1. The molecule has 0 atom stereocenters. The van der Waals surface area contributed by atoms with Gasteiger partial charge in [-0.1, -0.05) is 0 Å². The van der Waals surface area contributed by atoms with Crippen molar-refractivity contribution >= 4 is 17.3 Å². The number of carbonyl (C=O) groups excluding carboxylic acids is 1. The Balaban J connectivity index is 3.18. The molecule has 0 fully saturated rings. The fourth-order valence-electron chi connectivity index (χ4n) is 1.36. The molecule has 102 valence electrons. The van der Waals surface area contributed by atoms with Crippen LogP contribution in [0.15, 0.2) is 12.1 Å².